The number of aromatic amines is 1. The summed E-state index contributed by atoms with van der Waals surface area (Å²) in [5.74, 6) is 0. The summed E-state index contributed by atoms with van der Waals surface area (Å²) < 4.78 is 0.838. The number of H-pyrrole nitrogens is 1. The van der Waals surface area contributed by atoms with Crippen molar-refractivity contribution in [2.75, 3.05) is 0 Å². The number of hydrogen-bond acceptors (Lipinski definition) is 2. The molecule has 82 valence electrons. The minimum atomic E-state index is 0.838. The molecule has 0 spiro atoms. The van der Waals surface area contributed by atoms with Gasteiger partial charge >= 0.3 is 0 Å². The first-order valence-corrected chi connectivity index (χ1v) is 5.78. The third-order valence-corrected chi connectivity index (χ3v) is 2.94. The van der Waals surface area contributed by atoms with Crippen LogP contribution in [0.2, 0.25) is 0 Å². The third kappa shape index (κ3) is 1.97. The maximum Gasteiger partial charge on any atom is 0.0702 e. The highest BCUT2D eigenvalue weighted by Gasteiger charge is 1.99. The van der Waals surface area contributed by atoms with Gasteiger partial charge in [0.05, 0.1) is 5.52 Å². The van der Waals surface area contributed by atoms with Gasteiger partial charge in [-0.3, -0.25) is 4.98 Å². The van der Waals surface area contributed by atoms with E-state index in [1.165, 1.54) is 0 Å². The molecule has 0 saturated heterocycles. The Labute approximate surface area is 104 Å². The van der Waals surface area contributed by atoms with Crippen LogP contribution in [0.4, 0.5) is 0 Å². The number of rotatable bonds is 1. The van der Waals surface area contributed by atoms with Gasteiger partial charge < -0.3 is 4.98 Å². The number of pyridine rings is 2. The van der Waals surface area contributed by atoms with E-state index in [1.54, 1.807) is 6.20 Å². The van der Waals surface area contributed by atoms with Crippen LogP contribution < -0.4 is 0 Å². The summed E-state index contributed by atoms with van der Waals surface area (Å²) in [4.78, 5) is 7.51. The van der Waals surface area contributed by atoms with Crippen LogP contribution in [0.5, 0.6) is 0 Å². The zero-order valence-electron chi connectivity index (χ0n) is 9.05. The SMILES string of the molecule is S=c1cc[nH]c(-c2ccc3ncccc3c2)c1. The maximum absolute atomic E-state index is 5.16. The molecule has 0 atom stereocenters. The fraction of sp³-hybridized carbons (Fsp3) is 0. The molecule has 0 unspecified atom stereocenters. The summed E-state index contributed by atoms with van der Waals surface area (Å²) in [6, 6.07) is 14.0. The summed E-state index contributed by atoms with van der Waals surface area (Å²) in [7, 11) is 0. The average Bonchev–Trinajstić information content (AvgIpc) is 2.38. The zero-order chi connectivity index (χ0) is 11.7. The van der Waals surface area contributed by atoms with Gasteiger partial charge in [0.25, 0.3) is 0 Å². The van der Waals surface area contributed by atoms with E-state index in [-0.39, 0.29) is 0 Å². The van der Waals surface area contributed by atoms with Crippen molar-refractivity contribution in [3.8, 4) is 11.3 Å². The number of nitrogens with one attached hydrogen (secondary N) is 1. The largest absolute Gasteiger partial charge is 0.361 e. The zero-order valence-corrected chi connectivity index (χ0v) is 9.87. The van der Waals surface area contributed by atoms with E-state index >= 15 is 0 Å². The summed E-state index contributed by atoms with van der Waals surface area (Å²) >= 11 is 5.16. The molecule has 0 saturated carbocycles. The second-order valence-corrected chi connectivity index (χ2v) is 4.32. The highest BCUT2D eigenvalue weighted by atomic mass is 32.1. The fourth-order valence-electron chi connectivity index (χ4n) is 1.86. The van der Waals surface area contributed by atoms with Crippen molar-refractivity contribution >= 4 is 23.1 Å². The molecule has 0 aliphatic heterocycles. The Kier molecular flexibility index (Phi) is 2.46. The van der Waals surface area contributed by atoms with Gasteiger partial charge in [-0.15, -0.1) is 0 Å². The van der Waals surface area contributed by atoms with Crippen molar-refractivity contribution in [1.82, 2.24) is 9.97 Å². The number of fused-ring (bicyclic) bond motifs is 1. The van der Waals surface area contributed by atoms with Crippen molar-refractivity contribution in [2.24, 2.45) is 0 Å². The first-order valence-electron chi connectivity index (χ1n) is 5.37. The first-order chi connectivity index (χ1) is 8.33. The Morgan fingerprint density at radius 3 is 2.88 bits per heavy atom. The summed E-state index contributed by atoms with van der Waals surface area (Å²) in [5, 5.41) is 1.13. The molecule has 0 radical (unpaired) electrons. The van der Waals surface area contributed by atoms with Crippen molar-refractivity contribution in [3.05, 3.63) is 59.4 Å². The molecule has 0 fully saturated rings. The first kappa shape index (κ1) is 10.2. The highest BCUT2D eigenvalue weighted by molar-refractivity contribution is 7.71. The van der Waals surface area contributed by atoms with E-state index in [4.69, 9.17) is 12.2 Å². The molecule has 2 aromatic heterocycles. The van der Waals surface area contributed by atoms with E-state index in [1.807, 2.05) is 30.5 Å². The molecule has 1 aromatic carbocycles. The second kappa shape index (κ2) is 4.11. The minimum Gasteiger partial charge on any atom is -0.361 e. The molecular weight excluding hydrogens is 228 g/mol. The molecule has 3 rings (SSSR count). The molecule has 3 aromatic rings. The number of nitrogens with zero attached hydrogens (tertiary/aromatic N) is 1. The van der Waals surface area contributed by atoms with Crippen LogP contribution in [0.15, 0.2) is 54.9 Å². The average molecular weight is 238 g/mol. The van der Waals surface area contributed by atoms with E-state index in [0.717, 1.165) is 26.7 Å². The van der Waals surface area contributed by atoms with Crippen LogP contribution in [0, 0.1) is 4.51 Å². The van der Waals surface area contributed by atoms with Gasteiger partial charge in [-0.2, -0.15) is 0 Å². The maximum atomic E-state index is 5.16. The molecule has 0 aliphatic carbocycles. The van der Waals surface area contributed by atoms with Gasteiger partial charge in [0.15, 0.2) is 0 Å². The van der Waals surface area contributed by atoms with Crippen LogP contribution in [0.1, 0.15) is 0 Å². The van der Waals surface area contributed by atoms with Crippen LogP contribution in [-0.2, 0) is 0 Å². The minimum absolute atomic E-state index is 0.838. The Bertz CT molecular complexity index is 731. The second-order valence-electron chi connectivity index (χ2n) is 3.85. The molecule has 2 heterocycles. The van der Waals surface area contributed by atoms with Gasteiger partial charge in [-0.1, -0.05) is 24.4 Å². The number of benzene rings is 1. The van der Waals surface area contributed by atoms with Crippen molar-refractivity contribution in [1.29, 1.82) is 0 Å². The van der Waals surface area contributed by atoms with Crippen LogP contribution in [-0.4, -0.2) is 9.97 Å². The molecule has 17 heavy (non-hydrogen) atoms. The monoisotopic (exact) mass is 238 g/mol. The van der Waals surface area contributed by atoms with Gasteiger partial charge in [0.1, 0.15) is 0 Å². The third-order valence-electron chi connectivity index (χ3n) is 2.69. The normalized spacial score (nSPS) is 10.6. The number of aromatic nitrogens is 2. The Balaban J connectivity index is 2.21. The van der Waals surface area contributed by atoms with Gasteiger partial charge in [0, 0.05) is 28.0 Å². The summed E-state index contributed by atoms with van der Waals surface area (Å²) in [6.07, 6.45) is 3.67. The van der Waals surface area contributed by atoms with E-state index in [0.29, 0.717) is 0 Å². The lowest BCUT2D eigenvalue weighted by molar-refractivity contribution is 1.32. The summed E-state index contributed by atoms with van der Waals surface area (Å²) in [6.45, 7) is 0. The summed E-state index contributed by atoms with van der Waals surface area (Å²) in [5.41, 5.74) is 3.16. The molecule has 2 nitrogen and oxygen atoms in total. The lowest BCUT2D eigenvalue weighted by atomic mass is 10.1. The van der Waals surface area contributed by atoms with E-state index in [9.17, 15) is 0 Å². The molecular formula is C14H10N2S. The van der Waals surface area contributed by atoms with Gasteiger partial charge in [-0.25, -0.2) is 0 Å². The Morgan fingerprint density at radius 1 is 1.06 bits per heavy atom. The van der Waals surface area contributed by atoms with Crippen LogP contribution >= 0.6 is 12.2 Å². The molecule has 0 bridgehead atoms. The lowest BCUT2D eigenvalue weighted by Gasteiger charge is -2.03. The number of hydrogen-bond donors (Lipinski definition) is 1. The molecule has 0 amide bonds. The van der Waals surface area contributed by atoms with E-state index in [2.05, 4.69) is 28.2 Å². The molecule has 1 N–H and O–H groups in total. The quantitative estimate of drug-likeness (QED) is 0.650. The standard InChI is InChI=1S/C14H10N2S/c17-12-5-7-16-14(9-12)11-3-4-13-10(8-11)2-1-6-15-13/h1-9H,(H,16,17). The van der Waals surface area contributed by atoms with Gasteiger partial charge in [-0.05, 0) is 35.9 Å². The predicted octanol–water partition coefficient (Wildman–Crippen LogP) is 3.96. The van der Waals surface area contributed by atoms with Gasteiger partial charge in [0.2, 0.25) is 0 Å². The van der Waals surface area contributed by atoms with Crippen molar-refractivity contribution < 1.29 is 0 Å². The molecule has 0 aliphatic rings. The van der Waals surface area contributed by atoms with Crippen molar-refractivity contribution in [2.45, 2.75) is 0 Å². The van der Waals surface area contributed by atoms with Crippen LogP contribution in [0.25, 0.3) is 22.2 Å². The smallest absolute Gasteiger partial charge is 0.0702 e. The Morgan fingerprint density at radius 2 is 2.00 bits per heavy atom. The van der Waals surface area contributed by atoms with Crippen LogP contribution in [0.3, 0.4) is 0 Å². The predicted molar refractivity (Wildman–Crippen MR) is 72.4 cm³/mol. The Hall–Kier alpha value is -2.00. The topological polar surface area (TPSA) is 28.7 Å². The fourth-order valence-corrected chi connectivity index (χ4v) is 2.04. The highest BCUT2D eigenvalue weighted by Crippen LogP contribution is 2.21. The lowest BCUT2D eigenvalue weighted by Crippen LogP contribution is -1.84. The molecule has 3 heteroatoms. The van der Waals surface area contributed by atoms with E-state index < -0.39 is 0 Å². The van der Waals surface area contributed by atoms with Crippen molar-refractivity contribution in [3.63, 3.8) is 0 Å².